The van der Waals surface area contributed by atoms with Gasteiger partial charge in [-0.15, -0.1) is 0 Å². The summed E-state index contributed by atoms with van der Waals surface area (Å²) in [7, 11) is 0. The van der Waals surface area contributed by atoms with Crippen molar-refractivity contribution in [3.05, 3.63) is 46.9 Å². The summed E-state index contributed by atoms with van der Waals surface area (Å²) in [6.45, 7) is 1.66. The summed E-state index contributed by atoms with van der Waals surface area (Å²) >= 11 is 1.08. The number of carbonyl (C=O) groups excluding carboxylic acids is 2. The summed E-state index contributed by atoms with van der Waals surface area (Å²) in [5.41, 5.74) is 0.842. The number of para-hydroxylation sites is 1. The van der Waals surface area contributed by atoms with E-state index in [-0.39, 0.29) is 16.8 Å². The Morgan fingerprint density at radius 2 is 1.94 bits per heavy atom. The highest BCUT2D eigenvalue weighted by molar-refractivity contribution is 8.00. The van der Waals surface area contributed by atoms with Crippen LogP contribution in [0, 0.1) is 0 Å². The molecule has 10 heteroatoms. The summed E-state index contributed by atoms with van der Waals surface area (Å²) in [6.07, 6.45) is 6.70. The normalized spacial score (nSPS) is 15.5. The van der Waals surface area contributed by atoms with Crippen LogP contribution >= 0.6 is 11.8 Å². The molecular weight excluding hydrogens is 416 g/mol. The van der Waals surface area contributed by atoms with Gasteiger partial charge in [-0.1, -0.05) is 49.2 Å². The van der Waals surface area contributed by atoms with Crippen LogP contribution in [0.5, 0.6) is 0 Å². The van der Waals surface area contributed by atoms with Gasteiger partial charge in [-0.05, 0) is 31.9 Å². The molecule has 0 unspecified atom stereocenters. The van der Waals surface area contributed by atoms with Gasteiger partial charge in [0.25, 0.3) is 5.56 Å². The molecule has 0 radical (unpaired) electrons. The number of thioether (sulfide) groups is 1. The first-order chi connectivity index (χ1) is 15.0. The summed E-state index contributed by atoms with van der Waals surface area (Å²) in [5, 5.41) is 9.52. The molecule has 1 saturated carbocycles. The molecule has 1 aliphatic rings. The van der Waals surface area contributed by atoms with Crippen LogP contribution in [0.4, 0.5) is 4.79 Å². The number of aromatic amines is 1. The fourth-order valence-corrected chi connectivity index (χ4v) is 4.41. The van der Waals surface area contributed by atoms with E-state index in [9.17, 15) is 14.4 Å². The fourth-order valence-electron chi connectivity index (χ4n) is 3.62. The Hall–Kier alpha value is -3.14. The van der Waals surface area contributed by atoms with Crippen LogP contribution in [0.3, 0.4) is 0 Å². The molecule has 31 heavy (non-hydrogen) atoms. The van der Waals surface area contributed by atoms with E-state index in [1.807, 2.05) is 30.3 Å². The molecule has 1 fully saturated rings. The quantitative estimate of drug-likeness (QED) is 0.414. The number of imide groups is 1. The maximum Gasteiger partial charge on any atom is 0.321 e. The standard InChI is InChI=1S/C21H24N6O3S/c1-13(18(28)25-20(30)23-14-8-4-2-5-9-14)31-21-24-17-16(19(29)26-21)12-22-27(17)15-10-6-3-7-11-15/h3,6-7,10-14H,2,4-5,8-9H2,1H3,(H,24,26,29)(H2,23,25,28,30)/t13-/m0/s1. The Balaban J connectivity index is 1.45. The van der Waals surface area contributed by atoms with Crippen LogP contribution in [0.2, 0.25) is 0 Å². The SMILES string of the molecule is C[C@H](Sc1nc2c(cnn2-c2ccccc2)c(=O)[nH]1)C(=O)NC(=O)NC1CCCCC1. The van der Waals surface area contributed by atoms with Gasteiger partial charge in [0.1, 0.15) is 5.39 Å². The van der Waals surface area contributed by atoms with Crippen LogP contribution in [-0.4, -0.2) is 43.0 Å². The number of H-pyrrole nitrogens is 1. The summed E-state index contributed by atoms with van der Waals surface area (Å²) in [4.78, 5) is 44.2. The number of hydrogen-bond acceptors (Lipinski definition) is 6. The van der Waals surface area contributed by atoms with Crippen LogP contribution in [-0.2, 0) is 4.79 Å². The molecule has 0 aliphatic heterocycles. The third-order valence-corrected chi connectivity index (χ3v) is 6.24. The first kappa shape index (κ1) is 21.1. The van der Waals surface area contributed by atoms with Crippen LogP contribution in [0.25, 0.3) is 16.7 Å². The number of nitrogens with one attached hydrogen (secondary N) is 3. The first-order valence-corrected chi connectivity index (χ1v) is 11.2. The largest absolute Gasteiger partial charge is 0.335 e. The lowest BCUT2D eigenvalue weighted by atomic mass is 9.96. The van der Waals surface area contributed by atoms with Gasteiger partial charge in [0.15, 0.2) is 10.8 Å². The third-order valence-electron chi connectivity index (χ3n) is 5.25. The minimum Gasteiger partial charge on any atom is -0.335 e. The van der Waals surface area contributed by atoms with Crippen LogP contribution in [0.1, 0.15) is 39.0 Å². The first-order valence-electron chi connectivity index (χ1n) is 10.3. The molecular formula is C21H24N6O3S. The number of carbonyl (C=O) groups is 2. The van der Waals surface area contributed by atoms with Crippen molar-refractivity contribution in [3.63, 3.8) is 0 Å². The van der Waals surface area contributed by atoms with Gasteiger partial charge in [0.2, 0.25) is 5.91 Å². The molecule has 2 heterocycles. The molecule has 0 saturated heterocycles. The number of aromatic nitrogens is 4. The third kappa shape index (κ3) is 4.96. The van der Waals surface area contributed by atoms with Gasteiger partial charge >= 0.3 is 6.03 Å². The predicted molar refractivity (Wildman–Crippen MR) is 118 cm³/mol. The maximum absolute atomic E-state index is 12.5. The zero-order valence-corrected chi connectivity index (χ0v) is 17.9. The molecule has 1 aromatic carbocycles. The monoisotopic (exact) mass is 440 g/mol. The second kappa shape index (κ2) is 9.34. The molecule has 162 valence electrons. The molecule has 3 N–H and O–H groups in total. The Morgan fingerprint density at radius 3 is 2.68 bits per heavy atom. The van der Waals surface area contributed by atoms with Gasteiger partial charge in [-0.3, -0.25) is 14.9 Å². The Bertz CT molecular complexity index is 1140. The van der Waals surface area contributed by atoms with E-state index in [1.165, 1.54) is 12.6 Å². The Kier molecular flexibility index (Phi) is 6.36. The van der Waals surface area contributed by atoms with E-state index in [1.54, 1.807) is 11.6 Å². The molecule has 0 spiro atoms. The smallest absolute Gasteiger partial charge is 0.321 e. The number of rotatable bonds is 5. The highest BCUT2D eigenvalue weighted by Crippen LogP contribution is 2.22. The molecule has 2 aromatic heterocycles. The van der Waals surface area contributed by atoms with E-state index >= 15 is 0 Å². The van der Waals surface area contributed by atoms with E-state index in [2.05, 4.69) is 25.7 Å². The van der Waals surface area contributed by atoms with Gasteiger partial charge in [0, 0.05) is 6.04 Å². The summed E-state index contributed by atoms with van der Waals surface area (Å²) in [6, 6.07) is 8.99. The van der Waals surface area contributed by atoms with Crippen LogP contribution in [0.15, 0.2) is 46.5 Å². The second-order valence-corrected chi connectivity index (χ2v) is 8.89. The van der Waals surface area contributed by atoms with Crippen molar-refractivity contribution in [3.8, 4) is 5.69 Å². The van der Waals surface area contributed by atoms with Crippen molar-refractivity contribution >= 4 is 34.7 Å². The maximum atomic E-state index is 12.5. The lowest BCUT2D eigenvalue weighted by molar-refractivity contribution is -0.119. The molecule has 0 bridgehead atoms. The van der Waals surface area contributed by atoms with Gasteiger partial charge in [-0.25, -0.2) is 14.5 Å². The highest BCUT2D eigenvalue weighted by atomic mass is 32.2. The molecule has 4 rings (SSSR count). The number of nitrogens with zero attached hydrogens (tertiary/aromatic N) is 3. The molecule has 3 aromatic rings. The van der Waals surface area contributed by atoms with Crippen molar-refractivity contribution in [1.29, 1.82) is 0 Å². The molecule has 1 atom stereocenters. The summed E-state index contributed by atoms with van der Waals surface area (Å²) < 4.78 is 1.58. The van der Waals surface area contributed by atoms with Crippen molar-refractivity contribution in [2.45, 2.75) is 55.5 Å². The van der Waals surface area contributed by atoms with E-state index in [0.29, 0.717) is 11.0 Å². The average Bonchev–Trinajstić information content (AvgIpc) is 3.19. The van der Waals surface area contributed by atoms with Gasteiger partial charge in [0.05, 0.1) is 17.1 Å². The van der Waals surface area contributed by atoms with E-state index in [0.717, 1.165) is 43.1 Å². The Labute approximate surface area is 183 Å². The predicted octanol–water partition coefficient (Wildman–Crippen LogP) is 2.75. The number of fused-ring (bicyclic) bond motifs is 1. The zero-order valence-electron chi connectivity index (χ0n) is 17.1. The lowest BCUT2D eigenvalue weighted by Crippen LogP contribution is -2.47. The van der Waals surface area contributed by atoms with Crippen LogP contribution < -0.4 is 16.2 Å². The number of urea groups is 1. The zero-order chi connectivity index (χ0) is 21.8. The second-order valence-electron chi connectivity index (χ2n) is 7.56. The lowest BCUT2D eigenvalue weighted by Gasteiger charge is -2.23. The minimum absolute atomic E-state index is 0.114. The molecule has 3 amide bonds. The van der Waals surface area contributed by atoms with Gasteiger partial charge < -0.3 is 10.3 Å². The van der Waals surface area contributed by atoms with Crippen molar-refractivity contribution in [2.24, 2.45) is 0 Å². The highest BCUT2D eigenvalue weighted by Gasteiger charge is 2.22. The van der Waals surface area contributed by atoms with Crippen molar-refractivity contribution in [1.82, 2.24) is 30.4 Å². The number of amides is 3. The number of hydrogen-bond donors (Lipinski definition) is 3. The minimum atomic E-state index is -0.634. The molecule has 9 nitrogen and oxygen atoms in total. The number of benzene rings is 1. The topological polar surface area (TPSA) is 122 Å². The fraction of sp³-hybridized carbons (Fsp3) is 0.381. The van der Waals surface area contributed by atoms with Crippen molar-refractivity contribution in [2.75, 3.05) is 0 Å². The Morgan fingerprint density at radius 1 is 1.19 bits per heavy atom. The molecule has 1 aliphatic carbocycles. The average molecular weight is 441 g/mol. The van der Waals surface area contributed by atoms with E-state index < -0.39 is 17.2 Å². The van der Waals surface area contributed by atoms with Crippen molar-refractivity contribution < 1.29 is 9.59 Å². The van der Waals surface area contributed by atoms with E-state index in [4.69, 9.17) is 0 Å². The summed E-state index contributed by atoms with van der Waals surface area (Å²) in [5.74, 6) is -0.447. The van der Waals surface area contributed by atoms with Gasteiger partial charge in [-0.2, -0.15) is 5.10 Å².